The van der Waals surface area contributed by atoms with Crippen LogP contribution in [0.3, 0.4) is 0 Å². The van der Waals surface area contributed by atoms with E-state index in [1.165, 1.54) is 32.3 Å². The average molecular weight is 340 g/mol. The zero-order chi connectivity index (χ0) is 17.6. The van der Waals surface area contributed by atoms with Gasteiger partial charge in [0.15, 0.2) is 5.65 Å². The van der Waals surface area contributed by atoms with Gasteiger partial charge in [-0.3, -0.25) is 13.9 Å². The van der Waals surface area contributed by atoms with Crippen LogP contribution in [0, 0.1) is 0 Å². The Morgan fingerprint density at radius 3 is 2.46 bits per heavy atom. The maximum Gasteiger partial charge on any atom is 0.573 e. The number of alkyl halides is 3. The number of halogens is 3. The van der Waals surface area contributed by atoms with Gasteiger partial charge in [0.1, 0.15) is 17.1 Å². The normalized spacial score (nSPS) is 11.9. The first-order chi connectivity index (χ1) is 11.2. The first-order valence-electron chi connectivity index (χ1n) is 6.70. The quantitative estimate of drug-likeness (QED) is 0.767. The van der Waals surface area contributed by atoms with E-state index >= 15 is 0 Å². The number of fused-ring (bicyclic) bond motifs is 1. The number of hydrogen-bond acceptors (Lipinski definition) is 4. The van der Waals surface area contributed by atoms with Crippen molar-refractivity contribution in [2.45, 2.75) is 6.36 Å². The molecule has 0 saturated heterocycles. The molecular formula is C14H11F3N4O3. The maximum atomic E-state index is 12.5. The molecule has 0 aliphatic heterocycles. The van der Waals surface area contributed by atoms with E-state index in [9.17, 15) is 22.8 Å². The van der Waals surface area contributed by atoms with Gasteiger partial charge in [-0.15, -0.1) is 13.2 Å². The molecule has 0 atom stereocenters. The van der Waals surface area contributed by atoms with Crippen LogP contribution in [0.15, 0.2) is 33.9 Å². The van der Waals surface area contributed by atoms with Crippen LogP contribution < -0.4 is 16.0 Å². The lowest BCUT2D eigenvalue weighted by Gasteiger charge is -2.11. The van der Waals surface area contributed by atoms with E-state index in [2.05, 4.69) is 14.7 Å². The van der Waals surface area contributed by atoms with Gasteiger partial charge in [0.05, 0.1) is 5.56 Å². The molecule has 0 spiro atoms. The van der Waals surface area contributed by atoms with E-state index in [1.807, 2.05) is 0 Å². The number of para-hydroxylation sites is 1. The molecule has 7 nitrogen and oxygen atoms in total. The first kappa shape index (κ1) is 15.8. The van der Waals surface area contributed by atoms with Crippen LogP contribution in [0.5, 0.6) is 5.75 Å². The van der Waals surface area contributed by atoms with Crippen LogP contribution in [0.2, 0.25) is 0 Å². The largest absolute Gasteiger partial charge is 0.573 e. The second kappa shape index (κ2) is 5.25. The Morgan fingerprint density at radius 1 is 1.12 bits per heavy atom. The zero-order valence-corrected chi connectivity index (χ0v) is 12.5. The smallest absolute Gasteiger partial charge is 0.405 e. The van der Waals surface area contributed by atoms with E-state index in [1.54, 1.807) is 0 Å². The van der Waals surface area contributed by atoms with Gasteiger partial charge in [-0.2, -0.15) is 0 Å². The minimum atomic E-state index is -4.87. The summed E-state index contributed by atoms with van der Waals surface area (Å²) in [5.74, 6) is -0.478. The summed E-state index contributed by atoms with van der Waals surface area (Å²) in [5.41, 5.74) is -1.15. The monoisotopic (exact) mass is 340 g/mol. The molecule has 3 aromatic rings. The Kier molecular flexibility index (Phi) is 3.47. The lowest BCUT2D eigenvalue weighted by molar-refractivity contribution is -0.274. The standard InChI is InChI=1S/C14H11F3N4O3/c1-20-11-9(12(22)21(2)13(20)23)18-10(19-11)7-5-3-4-6-8(7)24-14(15,16)17/h3-6H,1-2H3,(H,18,19). The number of rotatable bonds is 2. The minimum Gasteiger partial charge on any atom is -0.405 e. The van der Waals surface area contributed by atoms with Crippen LogP contribution in [-0.4, -0.2) is 25.5 Å². The Labute approximate surface area is 131 Å². The molecule has 0 amide bonds. The maximum absolute atomic E-state index is 12.5. The molecule has 2 aromatic heterocycles. The Hall–Kier alpha value is -3.04. The second-order valence-electron chi connectivity index (χ2n) is 5.03. The summed E-state index contributed by atoms with van der Waals surface area (Å²) in [6.45, 7) is 0. The molecule has 1 aromatic carbocycles. The van der Waals surface area contributed by atoms with E-state index in [0.717, 1.165) is 15.2 Å². The molecule has 0 fully saturated rings. The number of H-pyrrole nitrogens is 1. The number of hydrogen-bond donors (Lipinski definition) is 1. The fourth-order valence-corrected chi connectivity index (χ4v) is 2.33. The molecule has 0 aliphatic carbocycles. The number of nitrogens with zero attached hydrogens (tertiary/aromatic N) is 3. The molecule has 24 heavy (non-hydrogen) atoms. The zero-order valence-electron chi connectivity index (χ0n) is 12.5. The summed E-state index contributed by atoms with van der Waals surface area (Å²) < 4.78 is 43.6. The summed E-state index contributed by atoms with van der Waals surface area (Å²) in [6, 6.07) is 5.37. The van der Waals surface area contributed by atoms with Gasteiger partial charge in [0, 0.05) is 14.1 Å². The molecule has 3 rings (SSSR count). The highest BCUT2D eigenvalue weighted by molar-refractivity contribution is 5.77. The van der Waals surface area contributed by atoms with E-state index < -0.39 is 23.4 Å². The van der Waals surface area contributed by atoms with Crippen LogP contribution in [0.25, 0.3) is 22.6 Å². The predicted octanol–water partition coefficient (Wildman–Crippen LogP) is 1.53. The molecule has 0 aliphatic rings. The number of nitrogens with one attached hydrogen (secondary N) is 1. The predicted molar refractivity (Wildman–Crippen MR) is 78.7 cm³/mol. The highest BCUT2D eigenvalue weighted by Crippen LogP contribution is 2.32. The van der Waals surface area contributed by atoms with Crippen LogP contribution in [-0.2, 0) is 14.1 Å². The lowest BCUT2D eigenvalue weighted by atomic mass is 10.2. The Bertz CT molecular complexity index is 1050. The molecule has 10 heteroatoms. The van der Waals surface area contributed by atoms with Crippen molar-refractivity contribution in [2.24, 2.45) is 14.1 Å². The fourth-order valence-electron chi connectivity index (χ4n) is 2.33. The van der Waals surface area contributed by atoms with Gasteiger partial charge in [0.25, 0.3) is 5.56 Å². The topological polar surface area (TPSA) is 81.9 Å². The fraction of sp³-hybridized carbons (Fsp3) is 0.214. The Morgan fingerprint density at radius 2 is 1.79 bits per heavy atom. The number of benzene rings is 1. The molecule has 0 bridgehead atoms. The van der Waals surface area contributed by atoms with E-state index in [-0.39, 0.29) is 22.6 Å². The van der Waals surface area contributed by atoms with Crippen molar-refractivity contribution in [3.63, 3.8) is 0 Å². The molecule has 2 heterocycles. The number of ether oxygens (including phenoxy) is 1. The number of aromatic amines is 1. The first-order valence-corrected chi connectivity index (χ1v) is 6.70. The van der Waals surface area contributed by atoms with Crippen LogP contribution >= 0.6 is 0 Å². The molecule has 126 valence electrons. The average Bonchev–Trinajstić information content (AvgIpc) is 2.95. The molecule has 0 radical (unpaired) electrons. The number of aromatic nitrogens is 4. The SMILES string of the molecule is Cn1c(=O)c2[nH]c(-c3ccccc3OC(F)(F)F)nc2n(C)c1=O. The van der Waals surface area contributed by atoms with E-state index in [4.69, 9.17) is 0 Å². The van der Waals surface area contributed by atoms with Gasteiger partial charge >= 0.3 is 12.1 Å². The van der Waals surface area contributed by atoms with Gasteiger partial charge in [-0.05, 0) is 12.1 Å². The van der Waals surface area contributed by atoms with Crippen molar-refractivity contribution >= 4 is 11.2 Å². The molecule has 1 N–H and O–H groups in total. The Balaban J connectivity index is 2.26. The highest BCUT2D eigenvalue weighted by Gasteiger charge is 2.32. The van der Waals surface area contributed by atoms with Crippen molar-refractivity contribution in [1.29, 1.82) is 0 Å². The van der Waals surface area contributed by atoms with Crippen molar-refractivity contribution in [2.75, 3.05) is 0 Å². The van der Waals surface area contributed by atoms with Gasteiger partial charge in [-0.1, -0.05) is 12.1 Å². The summed E-state index contributed by atoms with van der Waals surface area (Å²) in [6.07, 6.45) is -4.87. The summed E-state index contributed by atoms with van der Waals surface area (Å²) >= 11 is 0. The highest BCUT2D eigenvalue weighted by atomic mass is 19.4. The summed E-state index contributed by atoms with van der Waals surface area (Å²) in [7, 11) is 2.71. The number of aryl methyl sites for hydroxylation is 1. The second-order valence-corrected chi connectivity index (χ2v) is 5.03. The minimum absolute atomic E-state index is 0.0106. The van der Waals surface area contributed by atoms with Crippen LogP contribution in [0.1, 0.15) is 0 Å². The van der Waals surface area contributed by atoms with Crippen molar-refractivity contribution in [3.8, 4) is 17.1 Å². The van der Waals surface area contributed by atoms with Crippen LogP contribution in [0.4, 0.5) is 13.2 Å². The van der Waals surface area contributed by atoms with Crippen molar-refractivity contribution < 1.29 is 17.9 Å². The molecular weight excluding hydrogens is 329 g/mol. The lowest BCUT2D eigenvalue weighted by Crippen LogP contribution is -2.36. The number of imidazole rings is 1. The third-order valence-corrected chi connectivity index (χ3v) is 3.46. The van der Waals surface area contributed by atoms with E-state index in [0.29, 0.717) is 0 Å². The van der Waals surface area contributed by atoms with Crippen molar-refractivity contribution in [1.82, 2.24) is 19.1 Å². The third-order valence-electron chi connectivity index (χ3n) is 3.46. The third kappa shape index (κ3) is 2.55. The molecule has 0 saturated carbocycles. The summed E-state index contributed by atoms with van der Waals surface area (Å²) in [4.78, 5) is 30.8. The molecule has 0 unspecified atom stereocenters. The van der Waals surface area contributed by atoms with Gasteiger partial charge in [-0.25, -0.2) is 9.78 Å². The van der Waals surface area contributed by atoms with Crippen molar-refractivity contribution in [3.05, 3.63) is 45.1 Å². The van der Waals surface area contributed by atoms with Gasteiger partial charge in [0.2, 0.25) is 0 Å². The van der Waals surface area contributed by atoms with Gasteiger partial charge < -0.3 is 9.72 Å². The summed E-state index contributed by atoms with van der Waals surface area (Å²) in [5, 5.41) is 0.